The highest BCUT2D eigenvalue weighted by Gasteiger charge is 2.37. The Balaban J connectivity index is 1.83. The summed E-state index contributed by atoms with van der Waals surface area (Å²) in [6.07, 6.45) is 0.561. The molecule has 1 heterocycles. The zero-order valence-corrected chi connectivity index (χ0v) is 11.6. The lowest BCUT2D eigenvalue weighted by molar-refractivity contribution is 0.0596. The quantitative estimate of drug-likeness (QED) is 0.880. The van der Waals surface area contributed by atoms with Crippen LogP contribution >= 0.6 is 0 Å². The number of rotatable bonds is 3. The Hall–Kier alpha value is -2.62. The zero-order valence-electron chi connectivity index (χ0n) is 11.6. The van der Waals surface area contributed by atoms with Gasteiger partial charge in [0.25, 0.3) is 11.8 Å². The third kappa shape index (κ3) is 2.29. The van der Waals surface area contributed by atoms with Gasteiger partial charge in [0.05, 0.1) is 11.1 Å². The summed E-state index contributed by atoms with van der Waals surface area (Å²) >= 11 is 0. The predicted octanol–water partition coefficient (Wildman–Crippen LogP) is 2.62. The molecule has 2 amide bonds. The number of fused-ring (bicyclic) bond motifs is 1. The average Bonchev–Trinajstić information content (AvgIpc) is 2.74. The molecule has 2 aromatic carbocycles. The number of aromatic hydroxyl groups is 1. The molecule has 1 atom stereocenters. The Bertz CT molecular complexity index is 671. The molecule has 0 aliphatic carbocycles. The van der Waals surface area contributed by atoms with E-state index in [9.17, 15) is 14.7 Å². The van der Waals surface area contributed by atoms with Gasteiger partial charge < -0.3 is 5.11 Å². The fraction of sp³-hybridized carbons (Fsp3) is 0.176. The lowest BCUT2D eigenvalue weighted by Crippen LogP contribution is -2.39. The number of carbonyl (C=O) groups excluding carboxylic acids is 2. The van der Waals surface area contributed by atoms with Gasteiger partial charge in [0, 0.05) is 6.04 Å². The molecule has 0 fully saturated rings. The molecule has 1 aliphatic rings. The van der Waals surface area contributed by atoms with Crippen molar-refractivity contribution in [3.63, 3.8) is 0 Å². The van der Waals surface area contributed by atoms with Gasteiger partial charge in [-0.1, -0.05) is 24.3 Å². The molecule has 0 saturated carbocycles. The molecule has 106 valence electrons. The lowest BCUT2D eigenvalue weighted by atomic mass is 10.1. The Labute approximate surface area is 122 Å². The molecule has 4 nitrogen and oxygen atoms in total. The van der Waals surface area contributed by atoms with E-state index in [1.807, 2.05) is 6.92 Å². The lowest BCUT2D eigenvalue weighted by Gasteiger charge is -2.22. The van der Waals surface area contributed by atoms with Gasteiger partial charge in [0.2, 0.25) is 0 Å². The van der Waals surface area contributed by atoms with Crippen molar-refractivity contribution in [2.24, 2.45) is 0 Å². The van der Waals surface area contributed by atoms with Crippen LogP contribution in [0.15, 0.2) is 48.5 Å². The van der Waals surface area contributed by atoms with Gasteiger partial charge in [0.15, 0.2) is 0 Å². The van der Waals surface area contributed by atoms with Crippen LogP contribution in [0.1, 0.15) is 33.2 Å². The fourth-order valence-electron chi connectivity index (χ4n) is 2.67. The van der Waals surface area contributed by atoms with E-state index in [4.69, 9.17) is 0 Å². The van der Waals surface area contributed by atoms with Crippen molar-refractivity contribution in [3.8, 4) is 5.75 Å². The predicted molar refractivity (Wildman–Crippen MR) is 78.2 cm³/mol. The van der Waals surface area contributed by atoms with Gasteiger partial charge in [-0.3, -0.25) is 14.5 Å². The summed E-state index contributed by atoms with van der Waals surface area (Å²) in [6.45, 7) is 1.86. The Morgan fingerprint density at radius 3 is 2.00 bits per heavy atom. The summed E-state index contributed by atoms with van der Waals surface area (Å²) in [6, 6.07) is 13.5. The normalized spacial score (nSPS) is 15.2. The molecule has 1 unspecified atom stereocenters. The molecule has 3 rings (SSSR count). The molecule has 0 saturated heterocycles. The van der Waals surface area contributed by atoms with Crippen LogP contribution in [-0.2, 0) is 6.42 Å². The van der Waals surface area contributed by atoms with Crippen molar-refractivity contribution in [2.45, 2.75) is 19.4 Å². The molecule has 0 spiro atoms. The summed E-state index contributed by atoms with van der Waals surface area (Å²) < 4.78 is 0. The maximum Gasteiger partial charge on any atom is 0.261 e. The number of phenolic OH excluding ortho intramolecular Hbond substituents is 1. The van der Waals surface area contributed by atoms with Crippen molar-refractivity contribution < 1.29 is 14.7 Å². The minimum Gasteiger partial charge on any atom is -0.508 e. The number of imide groups is 1. The van der Waals surface area contributed by atoms with Crippen molar-refractivity contribution in [1.82, 2.24) is 4.90 Å². The maximum atomic E-state index is 12.4. The highest BCUT2D eigenvalue weighted by atomic mass is 16.3. The molecule has 4 heteroatoms. The molecular weight excluding hydrogens is 266 g/mol. The first-order valence-electron chi connectivity index (χ1n) is 6.83. The van der Waals surface area contributed by atoms with Crippen molar-refractivity contribution in [1.29, 1.82) is 0 Å². The van der Waals surface area contributed by atoms with Crippen LogP contribution in [-0.4, -0.2) is 27.9 Å². The van der Waals surface area contributed by atoms with Crippen LogP contribution in [0.2, 0.25) is 0 Å². The van der Waals surface area contributed by atoms with Gasteiger partial charge in [0.1, 0.15) is 5.75 Å². The second kappa shape index (κ2) is 5.05. The third-order valence-electron chi connectivity index (χ3n) is 3.73. The topological polar surface area (TPSA) is 57.6 Å². The van der Waals surface area contributed by atoms with E-state index in [2.05, 4.69) is 0 Å². The molecule has 1 N–H and O–H groups in total. The number of carbonyl (C=O) groups is 2. The first kappa shape index (κ1) is 13.4. The van der Waals surface area contributed by atoms with Crippen LogP contribution < -0.4 is 0 Å². The third-order valence-corrected chi connectivity index (χ3v) is 3.73. The van der Waals surface area contributed by atoms with Gasteiger partial charge >= 0.3 is 0 Å². The minimum absolute atomic E-state index is 0.201. The molecular formula is C17H15NO3. The second-order valence-corrected chi connectivity index (χ2v) is 5.25. The number of nitrogens with zero attached hydrogens (tertiary/aromatic N) is 1. The van der Waals surface area contributed by atoms with Crippen molar-refractivity contribution >= 4 is 11.8 Å². The van der Waals surface area contributed by atoms with E-state index in [0.717, 1.165) is 5.56 Å². The van der Waals surface area contributed by atoms with Crippen molar-refractivity contribution in [2.75, 3.05) is 0 Å². The molecule has 0 radical (unpaired) electrons. The van der Waals surface area contributed by atoms with Gasteiger partial charge in [-0.25, -0.2) is 0 Å². The van der Waals surface area contributed by atoms with E-state index in [1.165, 1.54) is 4.90 Å². The van der Waals surface area contributed by atoms with E-state index >= 15 is 0 Å². The Morgan fingerprint density at radius 2 is 1.48 bits per heavy atom. The van der Waals surface area contributed by atoms with Gasteiger partial charge in [-0.2, -0.15) is 0 Å². The number of amides is 2. The van der Waals surface area contributed by atoms with Crippen molar-refractivity contribution in [3.05, 3.63) is 65.2 Å². The fourth-order valence-corrected chi connectivity index (χ4v) is 2.67. The summed E-state index contributed by atoms with van der Waals surface area (Å²) in [5.74, 6) is -0.268. The molecule has 2 aromatic rings. The number of hydrogen-bond acceptors (Lipinski definition) is 3. The Kier molecular flexibility index (Phi) is 3.22. The molecule has 0 aromatic heterocycles. The monoisotopic (exact) mass is 281 g/mol. The highest BCUT2D eigenvalue weighted by molar-refractivity contribution is 6.21. The standard InChI is InChI=1S/C17H15NO3/c1-11(10-12-6-8-13(19)9-7-12)18-16(20)14-4-2-3-5-15(14)17(18)21/h2-9,11,19H,10H2,1H3. The number of phenols is 1. The van der Waals surface area contributed by atoms with Crippen LogP contribution in [0.3, 0.4) is 0 Å². The highest BCUT2D eigenvalue weighted by Crippen LogP contribution is 2.25. The first-order valence-corrected chi connectivity index (χ1v) is 6.83. The molecule has 21 heavy (non-hydrogen) atoms. The second-order valence-electron chi connectivity index (χ2n) is 5.25. The van der Waals surface area contributed by atoms with E-state index < -0.39 is 0 Å². The summed E-state index contributed by atoms with van der Waals surface area (Å²) in [4.78, 5) is 26.0. The Morgan fingerprint density at radius 1 is 0.952 bits per heavy atom. The van der Waals surface area contributed by atoms with E-state index in [1.54, 1.807) is 48.5 Å². The van der Waals surface area contributed by atoms with E-state index in [-0.39, 0.29) is 23.6 Å². The number of hydrogen-bond donors (Lipinski definition) is 1. The maximum absolute atomic E-state index is 12.4. The smallest absolute Gasteiger partial charge is 0.261 e. The largest absolute Gasteiger partial charge is 0.508 e. The molecule has 0 bridgehead atoms. The van der Waals surface area contributed by atoms with Crippen LogP contribution in [0, 0.1) is 0 Å². The number of benzene rings is 2. The first-order chi connectivity index (χ1) is 10.1. The van der Waals surface area contributed by atoms with Crippen LogP contribution in [0.25, 0.3) is 0 Å². The zero-order chi connectivity index (χ0) is 15.0. The van der Waals surface area contributed by atoms with Gasteiger partial charge in [-0.05, 0) is 43.2 Å². The molecule has 1 aliphatic heterocycles. The van der Waals surface area contributed by atoms with Crippen LogP contribution in [0.4, 0.5) is 0 Å². The SMILES string of the molecule is CC(Cc1ccc(O)cc1)N1C(=O)c2ccccc2C1=O. The average molecular weight is 281 g/mol. The minimum atomic E-state index is -0.234. The summed E-state index contributed by atoms with van der Waals surface area (Å²) in [5.41, 5.74) is 1.91. The summed E-state index contributed by atoms with van der Waals surface area (Å²) in [7, 11) is 0. The van der Waals surface area contributed by atoms with E-state index in [0.29, 0.717) is 17.5 Å². The summed E-state index contributed by atoms with van der Waals surface area (Å²) in [5, 5.41) is 9.29. The van der Waals surface area contributed by atoms with Crippen LogP contribution in [0.5, 0.6) is 5.75 Å². The van der Waals surface area contributed by atoms with Gasteiger partial charge in [-0.15, -0.1) is 0 Å².